The lowest BCUT2D eigenvalue weighted by atomic mass is 9.91. The first-order chi connectivity index (χ1) is 16.0. The van der Waals surface area contributed by atoms with Crippen molar-refractivity contribution in [2.24, 2.45) is 5.92 Å². The van der Waals surface area contributed by atoms with Crippen molar-refractivity contribution in [2.75, 3.05) is 12.3 Å². The number of carbonyl (C=O) groups is 2. The molecule has 0 bridgehead atoms. The van der Waals surface area contributed by atoms with Gasteiger partial charge in [0.1, 0.15) is 6.54 Å². The number of nitrogens with zero attached hydrogens (tertiary/aromatic N) is 1. The van der Waals surface area contributed by atoms with Gasteiger partial charge in [0, 0.05) is 29.8 Å². The van der Waals surface area contributed by atoms with Gasteiger partial charge in [-0.2, -0.15) is 12.6 Å². The Morgan fingerprint density at radius 2 is 1.45 bits per heavy atom. The molecule has 3 aliphatic carbocycles. The summed E-state index contributed by atoms with van der Waals surface area (Å²) in [5, 5.41) is 12.9. The highest BCUT2D eigenvalue weighted by atomic mass is 32.1. The summed E-state index contributed by atoms with van der Waals surface area (Å²) in [6.07, 6.45) is 16.0. The Bertz CT molecular complexity index is 718. The van der Waals surface area contributed by atoms with Gasteiger partial charge in [-0.05, 0) is 49.7 Å². The quantitative estimate of drug-likeness (QED) is 0.493. The number of fused-ring (bicyclic) bond motifs is 1. The molecule has 1 amide bonds. The Labute approximate surface area is 205 Å². The maximum absolute atomic E-state index is 12.4. The summed E-state index contributed by atoms with van der Waals surface area (Å²) in [5.41, 5.74) is 2.42. The minimum absolute atomic E-state index is 0.0571. The van der Waals surface area contributed by atoms with Crippen LogP contribution in [-0.4, -0.2) is 52.3 Å². The molecule has 2 saturated carbocycles. The number of carboxylic acids is 1. The van der Waals surface area contributed by atoms with Crippen LogP contribution in [0, 0.1) is 5.92 Å². The molecule has 0 radical (unpaired) electrons. The predicted molar refractivity (Wildman–Crippen MR) is 137 cm³/mol. The molecule has 5 nitrogen and oxygen atoms in total. The van der Waals surface area contributed by atoms with Crippen LogP contribution in [-0.2, 0) is 22.4 Å². The molecule has 1 atom stereocenters. The van der Waals surface area contributed by atoms with Crippen LogP contribution in [0.1, 0.15) is 82.3 Å². The number of rotatable bonds is 7. The number of thiol groups is 1. The first-order valence-corrected chi connectivity index (χ1v) is 13.6. The van der Waals surface area contributed by atoms with Gasteiger partial charge in [-0.3, -0.25) is 9.59 Å². The topological polar surface area (TPSA) is 69.6 Å². The average molecular weight is 475 g/mol. The average Bonchev–Trinajstić information content (AvgIpc) is 3.27. The van der Waals surface area contributed by atoms with Crippen LogP contribution in [0.4, 0.5) is 0 Å². The van der Waals surface area contributed by atoms with Gasteiger partial charge in [0.25, 0.3) is 0 Å². The molecule has 2 fully saturated rings. The number of nitrogens with one attached hydrogen (secondary N) is 1. The highest BCUT2D eigenvalue weighted by Gasteiger charge is 2.32. The maximum Gasteiger partial charge on any atom is 0.323 e. The van der Waals surface area contributed by atoms with E-state index in [1.807, 2.05) is 24.3 Å². The molecule has 3 aliphatic rings. The molecule has 1 aromatic carbocycles. The lowest BCUT2D eigenvalue weighted by Crippen LogP contribution is -2.46. The molecule has 184 valence electrons. The van der Waals surface area contributed by atoms with E-state index in [9.17, 15) is 9.59 Å². The number of carboxylic acid groups (broad SMARTS) is 1. The van der Waals surface area contributed by atoms with Crippen molar-refractivity contribution in [1.82, 2.24) is 10.2 Å². The Morgan fingerprint density at radius 1 is 0.970 bits per heavy atom. The molecule has 6 heteroatoms. The maximum atomic E-state index is 12.4. The molecule has 1 aromatic rings. The van der Waals surface area contributed by atoms with Crippen LogP contribution < -0.4 is 5.32 Å². The molecule has 0 spiro atoms. The summed E-state index contributed by atoms with van der Waals surface area (Å²) in [5.74, 6) is -0.934. The van der Waals surface area contributed by atoms with Gasteiger partial charge < -0.3 is 15.3 Å². The summed E-state index contributed by atoms with van der Waals surface area (Å²) in [7, 11) is 0. The fraction of sp³-hybridized carbons (Fsp3) is 0.704. The second kappa shape index (κ2) is 13.4. The number of carbonyl (C=O) groups excluding carboxylic acids is 1. The van der Waals surface area contributed by atoms with Crippen LogP contribution in [0.15, 0.2) is 24.3 Å². The van der Waals surface area contributed by atoms with Crippen molar-refractivity contribution >= 4 is 24.5 Å². The standard InChI is InChI=1S/C15H19NO3S.C12H23N/c1-10(9-20)15(19)16(8-14(17)18)13-6-11-4-2-3-5-12(11)7-13;1-3-7-11(8-4-1)13-12-9-5-2-6-10-12/h2-5,10,13,20H,6-9H2,1H3,(H,17,18);11-13H,1-10H2. The number of hydrogen-bond acceptors (Lipinski definition) is 4. The number of benzene rings is 1. The summed E-state index contributed by atoms with van der Waals surface area (Å²) in [4.78, 5) is 24.9. The number of hydrogen-bond donors (Lipinski definition) is 3. The lowest BCUT2D eigenvalue weighted by Gasteiger charge is -2.30. The fourth-order valence-corrected chi connectivity index (χ4v) is 5.68. The second-order valence-corrected chi connectivity index (χ2v) is 10.5. The fourth-order valence-electron chi connectivity index (χ4n) is 5.52. The zero-order valence-corrected chi connectivity index (χ0v) is 21.1. The van der Waals surface area contributed by atoms with Crippen LogP contribution in [0.3, 0.4) is 0 Å². The van der Waals surface area contributed by atoms with Gasteiger partial charge in [0.15, 0.2) is 0 Å². The molecule has 2 N–H and O–H groups in total. The van der Waals surface area contributed by atoms with Crippen LogP contribution in [0.5, 0.6) is 0 Å². The monoisotopic (exact) mass is 474 g/mol. The minimum atomic E-state index is -0.972. The molecule has 0 heterocycles. The Hall–Kier alpha value is -1.53. The van der Waals surface area contributed by atoms with E-state index in [0.29, 0.717) is 5.75 Å². The zero-order chi connectivity index (χ0) is 23.6. The molecule has 0 aromatic heterocycles. The third-order valence-electron chi connectivity index (χ3n) is 7.44. The van der Waals surface area contributed by atoms with Gasteiger partial charge in [0.05, 0.1) is 0 Å². The first kappa shape index (κ1) is 26.1. The highest BCUT2D eigenvalue weighted by molar-refractivity contribution is 7.80. The van der Waals surface area contributed by atoms with Gasteiger partial charge in [0.2, 0.25) is 5.91 Å². The van der Waals surface area contributed by atoms with E-state index in [0.717, 1.165) is 24.9 Å². The number of aliphatic carboxylic acids is 1. The minimum Gasteiger partial charge on any atom is -0.480 e. The lowest BCUT2D eigenvalue weighted by molar-refractivity contribution is -0.147. The zero-order valence-electron chi connectivity index (χ0n) is 20.2. The Morgan fingerprint density at radius 3 is 1.88 bits per heavy atom. The first-order valence-electron chi connectivity index (χ1n) is 12.9. The Balaban J connectivity index is 0.000000203. The molecule has 0 aliphatic heterocycles. The third kappa shape index (κ3) is 8.03. The van der Waals surface area contributed by atoms with Crippen LogP contribution >= 0.6 is 12.6 Å². The van der Waals surface area contributed by atoms with Gasteiger partial charge in [-0.1, -0.05) is 69.7 Å². The van der Waals surface area contributed by atoms with Gasteiger partial charge in [-0.15, -0.1) is 0 Å². The van der Waals surface area contributed by atoms with Crippen molar-refractivity contribution in [3.05, 3.63) is 35.4 Å². The molecule has 0 saturated heterocycles. The smallest absolute Gasteiger partial charge is 0.323 e. The Kier molecular flexibility index (Phi) is 10.6. The van der Waals surface area contributed by atoms with Gasteiger partial charge >= 0.3 is 5.97 Å². The van der Waals surface area contributed by atoms with E-state index in [1.54, 1.807) is 6.92 Å². The molecular weight excluding hydrogens is 432 g/mol. The second-order valence-electron chi connectivity index (χ2n) is 10.1. The van der Waals surface area contributed by atoms with Crippen molar-refractivity contribution in [1.29, 1.82) is 0 Å². The van der Waals surface area contributed by atoms with Crippen molar-refractivity contribution in [3.63, 3.8) is 0 Å². The van der Waals surface area contributed by atoms with Crippen molar-refractivity contribution in [2.45, 2.75) is 102 Å². The van der Waals surface area contributed by atoms with Crippen molar-refractivity contribution in [3.8, 4) is 0 Å². The summed E-state index contributed by atoms with van der Waals surface area (Å²) in [6.45, 7) is 1.54. The molecule has 33 heavy (non-hydrogen) atoms. The predicted octanol–water partition coefficient (Wildman–Crippen LogP) is 4.87. The third-order valence-corrected chi connectivity index (χ3v) is 7.98. The summed E-state index contributed by atoms with van der Waals surface area (Å²) < 4.78 is 0. The molecular formula is C27H42N2O3S. The van der Waals surface area contributed by atoms with Crippen LogP contribution in [0.25, 0.3) is 0 Å². The van der Waals surface area contributed by atoms with E-state index in [-0.39, 0.29) is 24.4 Å². The van der Waals surface area contributed by atoms with E-state index >= 15 is 0 Å². The van der Waals surface area contributed by atoms with E-state index in [4.69, 9.17) is 5.11 Å². The van der Waals surface area contributed by atoms with E-state index in [2.05, 4.69) is 17.9 Å². The van der Waals surface area contributed by atoms with Crippen LogP contribution in [0.2, 0.25) is 0 Å². The molecule has 1 unspecified atom stereocenters. The largest absolute Gasteiger partial charge is 0.480 e. The molecule has 4 rings (SSSR count). The van der Waals surface area contributed by atoms with Crippen molar-refractivity contribution < 1.29 is 14.7 Å². The van der Waals surface area contributed by atoms with E-state index in [1.165, 1.54) is 80.2 Å². The summed E-state index contributed by atoms with van der Waals surface area (Å²) >= 11 is 4.14. The summed E-state index contributed by atoms with van der Waals surface area (Å²) in [6, 6.07) is 9.72. The normalized spacial score (nSPS) is 20.4. The highest BCUT2D eigenvalue weighted by Crippen LogP contribution is 2.26. The van der Waals surface area contributed by atoms with E-state index < -0.39 is 5.97 Å². The number of amides is 1. The van der Waals surface area contributed by atoms with Gasteiger partial charge in [-0.25, -0.2) is 0 Å². The SMILES string of the molecule is C1CCC(NC2CCCCC2)CC1.CC(CS)C(=O)N(CC(=O)O)C1Cc2ccccc2C1.